The number of aryl methyl sites for hydroxylation is 2. The van der Waals surface area contributed by atoms with Gasteiger partial charge in [-0.2, -0.15) is 10.2 Å². The van der Waals surface area contributed by atoms with Crippen molar-refractivity contribution in [3.05, 3.63) is 243 Å². The number of nitrogens with one attached hydrogen (secondary N) is 4. The van der Waals surface area contributed by atoms with Gasteiger partial charge in [-0.05, 0) is 167 Å². The van der Waals surface area contributed by atoms with Gasteiger partial charge in [0.15, 0.2) is 0 Å². The van der Waals surface area contributed by atoms with E-state index in [-0.39, 0.29) is 23.3 Å². The predicted octanol–water partition coefficient (Wildman–Crippen LogP) is 19.8. The number of hydrogen-bond donors (Lipinski definition) is 4. The van der Waals surface area contributed by atoms with E-state index in [9.17, 15) is 17.6 Å². The number of aromatic nitrogens is 16. The molecule has 0 radical (unpaired) electrons. The lowest BCUT2D eigenvalue weighted by atomic mass is 9.80. The fourth-order valence-electron chi connectivity index (χ4n) is 11.9. The molecular formula is C76H58BBrCl4F4N16O2. The van der Waals surface area contributed by atoms with Crippen molar-refractivity contribution in [3.63, 3.8) is 0 Å². The highest BCUT2D eigenvalue weighted by Gasteiger charge is 2.52. The standard InChI is InChI=1S/2C22H16ClFN6.C19H19BClFN2O2.C13H7BrClFN2/c2*1-2-30-20(10-17(29-30)19-12-25-6-7-26-19)14-8-13-9-18(28-22(13)27-11-14)21-15(23)4-3-5-16(21)24;1-18(2)19(3,4)26-20(25-18)12-8-11-9-15(24-17(11)23-10-12)16-13(21)6-5-7-14(16)22;14-8-4-7-5-11(18-13(7)17-6-8)12-9(15)2-1-3-10(12)16/h2*3-12H,2H2,1H3,(H,27,28);5-10H,1-4H3,(H,23,24);1-6H,(H,17,18). The molecule has 0 atom stereocenters. The van der Waals surface area contributed by atoms with E-state index in [2.05, 4.69) is 85.9 Å². The van der Waals surface area contributed by atoms with Crippen LogP contribution in [-0.2, 0) is 22.4 Å². The van der Waals surface area contributed by atoms with E-state index in [0.717, 1.165) is 65.4 Å². The Balaban J connectivity index is 0.000000119. The number of pyridine rings is 4. The summed E-state index contributed by atoms with van der Waals surface area (Å²) in [5, 5.41) is 14.2. The molecule has 0 saturated carbocycles. The molecule has 1 fully saturated rings. The average Bonchev–Trinajstić information content (AvgIpc) is 1.66. The van der Waals surface area contributed by atoms with Gasteiger partial charge in [-0.25, -0.2) is 37.5 Å². The van der Waals surface area contributed by atoms with Gasteiger partial charge in [-0.15, -0.1) is 0 Å². The predicted molar refractivity (Wildman–Crippen MR) is 405 cm³/mol. The molecule has 4 N–H and O–H groups in total. The highest BCUT2D eigenvalue weighted by molar-refractivity contribution is 9.10. The van der Waals surface area contributed by atoms with Gasteiger partial charge in [0.25, 0.3) is 0 Å². The third kappa shape index (κ3) is 14.4. The van der Waals surface area contributed by atoms with Gasteiger partial charge in [-0.3, -0.25) is 29.3 Å². The van der Waals surface area contributed by atoms with Crippen molar-refractivity contribution in [2.24, 2.45) is 0 Å². The summed E-state index contributed by atoms with van der Waals surface area (Å²) < 4.78 is 73.5. The highest BCUT2D eigenvalue weighted by atomic mass is 79.9. The molecule has 104 heavy (non-hydrogen) atoms. The van der Waals surface area contributed by atoms with Crippen molar-refractivity contribution < 1.29 is 26.9 Å². The summed E-state index contributed by atoms with van der Waals surface area (Å²) in [4.78, 5) is 47.1. The molecule has 16 aromatic rings. The van der Waals surface area contributed by atoms with Crippen LogP contribution in [-0.4, -0.2) is 97.7 Å². The first-order valence-electron chi connectivity index (χ1n) is 32.5. The molecule has 13 heterocycles. The van der Waals surface area contributed by atoms with Crippen LogP contribution in [0.2, 0.25) is 20.1 Å². The number of aromatic amines is 4. The summed E-state index contributed by atoms with van der Waals surface area (Å²) in [5.41, 5.74) is 12.9. The molecule has 0 aliphatic carbocycles. The lowest BCUT2D eigenvalue weighted by Gasteiger charge is -2.32. The molecule has 4 aromatic carbocycles. The second-order valence-electron chi connectivity index (χ2n) is 25.0. The van der Waals surface area contributed by atoms with Crippen molar-refractivity contribution in [1.29, 1.82) is 0 Å². The van der Waals surface area contributed by atoms with E-state index >= 15 is 0 Å². The number of nitrogens with zero attached hydrogens (tertiary/aromatic N) is 12. The summed E-state index contributed by atoms with van der Waals surface area (Å²) in [6, 6.07) is 37.7. The van der Waals surface area contributed by atoms with Crippen LogP contribution in [0.15, 0.2) is 200 Å². The van der Waals surface area contributed by atoms with Crippen LogP contribution in [0.3, 0.4) is 0 Å². The summed E-state index contributed by atoms with van der Waals surface area (Å²) in [7, 11) is -0.493. The molecule has 520 valence electrons. The zero-order valence-corrected chi connectivity index (χ0v) is 60.7. The first-order chi connectivity index (χ1) is 50.1. The first-order valence-corrected chi connectivity index (χ1v) is 34.8. The largest absolute Gasteiger partial charge is 0.496 e. The van der Waals surface area contributed by atoms with Crippen molar-refractivity contribution in [2.45, 2.75) is 65.8 Å². The lowest BCUT2D eigenvalue weighted by Crippen LogP contribution is -2.41. The summed E-state index contributed by atoms with van der Waals surface area (Å²) in [6.07, 6.45) is 16.9. The van der Waals surface area contributed by atoms with Crippen LogP contribution in [0.4, 0.5) is 17.6 Å². The van der Waals surface area contributed by atoms with Crippen LogP contribution < -0.4 is 5.46 Å². The molecule has 1 saturated heterocycles. The van der Waals surface area contributed by atoms with E-state index in [1.807, 2.05) is 112 Å². The molecule has 1 aliphatic heterocycles. The van der Waals surface area contributed by atoms with Gasteiger partial charge in [-0.1, -0.05) is 70.7 Å². The zero-order valence-electron chi connectivity index (χ0n) is 56.1. The fraction of sp³-hybridized carbons (Fsp3) is 0.132. The number of H-pyrrole nitrogens is 4. The number of rotatable bonds is 11. The van der Waals surface area contributed by atoms with E-state index in [1.54, 1.807) is 110 Å². The molecule has 0 unspecified atom stereocenters. The summed E-state index contributed by atoms with van der Waals surface area (Å²) in [6.45, 7) is 13.5. The molecule has 0 bridgehead atoms. The first kappa shape index (κ1) is 70.6. The Morgan fingerprint density at radius 1 is 0.413 bits per heavy atom. The van der Waals surface area contributed by atoms with E-state index < -0.39 is 18.3 Å². The third-order valence-corrected chi connectivity index (χ3v) is 19.4. The second-order valence-corrected chi connectivity index (χ2v) is 27.5. The minimum atomic E-state index is -0.493. The Labute approximate surface area is 620 Å². The van der Waals surface area contributed by atoms with E-state index in [0.29, 0.717) is 112 Å². The smallest absolute Gasteiger partial charge is 0.399 e. The topological polar surface area (TPSA) is 220 Å². The number of benzene rings is 4. The maximum Gasteiger partial charge on any atom is 0.496 e. The molecule has 17 rings (SSSR count). The van der Waals surface area contributed by atoms with Crippen molar-refractivity contribution in [1.82, 2.24) is 79.4 Å². The van der Waals surface area contributed by atoms with Gasteiger partial charge < -0.3 is 29.2 Å². The number of fused-ring (bicyclic) bond motifs is 4. The molecule has 0 spiro atoms. The van der Waals surface area contributed by atoms with Gasteiger partial charge in [0.2, 0.25) is 0 Å². The van der Waals surface area contributed by atoms with Crippen LogP contribution >= 0.6 is 62.3 Å². The third-order valence-electron chi connectivity index (χ3n) is 17.7. The second kappa shape index (κ2) is 29.4. The van der Waals surface area contributed by atoms with Crippen LogP contribution in [0.1, 0.15) is 41.5 Å². The Kier molecular flexibility index (Phi) is 19.9. The normalized spacial score (nSPS) is 13.1. The molecule has 0 amide bonds. The van der Waals surface area contributed by atoms with Gasteiger partial charge in [0.05, 0.1) is 100 Å². The van der Waals surface area contributed by atoms with Crippen LogP contribution in [0, 0.1) is 23.3 Å². The molecule has 28 heteroatoms. The minimum absolute atomic E-state index is 0.335. The molecular weight excluding hydrogens is 1480 g/mol. The van der Waals surface area contributed by atoms with Gasteiger partial charge in [0.1, 0.15) is 68.6 Å². The van der Waals surface area contributed by atoms with Crippen molar-refractivity contribution in [3.8, 4) is 90.3 Å². The minimum Gasteiger partial charge on any atom is -0.399 e. The quantitative estimate of drug-likeness (QED) is 0.0702. The number of halogens is 9. The van der Waals surface area contributed by atoms with Crippen molar-refractivity contribution in [2.75, 3.05) is 0 Å². The van der Waals surface area contributed by atoms with Crippen LogP contribution in [0.25, 0.3) is 134 Å². The number of hydrogen-bond acceptors (Lipinski definition) is 12. The maximum atomic E-state index is 14.3. The van der Waals surface area contributed by atoms with E-state index in [4.69, 9.17) is 55.7 Å². The van der Waals surface area contributed by atoms with Gasteiger partial charge in [0, 0.05) is 105 Å². The maximum absolute atomic E-state index is 14.3. The van der Waals surface area contributed by atoms with Gasteiger partial charge >= 0.3 is 7.12 Å². The molecule has 1 aliphatic rings. The molecule has 12 aromatic heterocycles. The Hall–Kier alpha value is -10.4. The van der Waals surface area contributed by atoms with Crippen molar-refractivity contribution >= 4 is 119 Å². The Morgan fingerprint density at radius 3 is 1.11 bits per heavy atom. The molecule has 18 nitrogen and oxygen atoms in total. The monoisotopic (exact) mass is 1530 g/mol. The summed E-state index contributed by atoms with van der Waals surface area (Å²) in [5.74, 6) is -1.50. The SMILES string of the molecule is CC1(C)OB(c2cnc3[nH]c(-c4c(F)cccc4Cl)cc3c2)OC1(C)C.CCn1nc(-c2cnccn2)cc1-c1cnc2[nH]c(-c3c(F)cccc3Cl)cc2c1.CCn1nc(-c2cnccn2)cc1-c1cnc2[nH]c(-c3c(F)cccc3Cl)cc2c1.Fc1cccc(Cl)c1-c1cc2cc(Br)cnc2[nH]1. The average molecular weight is 1540 g/mol. The Bertz CT molecular complexity index is 5560. The highest BCUT2D eigenvalue weighted by Crippen LogP contribution is 2.40. The lowest BCUT2D eigenvalue weighted by molar-refractivity contribution is 0.00578. The zero-order chi connectivity index (χ0) is 72.7. The van der Waals surface area contributed by atoms with E-state index in [1.165, 1.54) is 24.3 Å². The Morgan fingerprint density at radius 2 is 0.760 bits per heavy atom. The van der Waals surface area contributed by atoms with Crippen LogP contribution in [0.5, 0.6) is 0 Å². The summed E-state index contributed by atoms with van der Waals surface area (Å²) >= 11 is 28.0. The fourth-order valence-corrected chi connectivity index (χ4v) is 13.3.